The van der Waals surface area contributed by atoms with Crippen LogP contribution in [-0.4, -0.2) is 18.8 Å². The lowest BCUT2D eigenvalue weighted by molar-refractivity contribution is -0.0811. The van der Waals surface area contributed by atoms with Gasteiger partial charge in [0.15, 0.2) is 0 Å². The van der Waals surface area contributed by atoms with Gasteiger partial charge in [-0.25, -0.2) is 0 Å². The Balaban J connectivity index is 2.71. The first kappa shape index (κ1) is 12.9. The van der Waals surface area contributed by atoms with E-state index in [1.165, 1.54) is 12.8 Å². The molecule has 1 aliphatic rings. The molecule has 3 nitrogen and oxygen atoms in total. The number of hydrogen-bond acceptors (Lipinski definition) is 3. The molecule has 0 bridgehead atoms. The number of ether oxygens (including phenoxy) is 1. The van der Waals surface area contributed by atoms with Crippen LogP contribution in [0.5, 0.6) is 0 Å². The highest BCUT2D eigenvalue weighted by atomic mass is 16.5. The van der Waals surface area contributed by atoms with Crippen molar-refractivity contribution in [1.82, 2.24) is 5.43 Å². The van der Waals surface area contributed by atoms with E-state index in [9.17, 15) is 0 Å². The molecule has 0 aromatic rings. The van der Waals surface area contributed by atoms with E-state index in [1.807, 2.05) is 7.11 Å². The van der Waals surface area contributed by atoms with Crippen LogP contribution in [0.3, 0.4) is 0 Å². The Kier molecular flexibility index (Phi) is 5.03. The topological polar surface area (TPSA) is 47.3 Å². The van der Waals surface area contributed by atoms with Crippen LogP contribution in [0, 0.1) is 5.92 Å². The van der Waals surface area contributed by atoms with E-state index in [4.69, 9.17) is 10.6 Å². The van der Waals surface area contributed by atoms with Gasteiger partial charge in [-0.15, -0.1) is 0 Å². The van der Waals surface area contributed by atoms with Crippen molar-refractivity contribution >= 4 is 0 Å². The molecule has 3 unspecified atom stereocenters. The van der Waals surface area contributed by atoms with Gasteiger partial charge in [-0.1, -0.05) is 33.1 Å². The van der Waals surface area contributed by atoms with Gasteiger partial charge >= 0.3 is 0 Å². The molecular weight excluding hydrogens is 188 g/mol. The number of nitrogens with two attached hydrogens (primary N) is 1. The number of hydrazine groups is 1. The van der Waals surface area contributed by atoms with Gasteiger partial charge in [0.25, 0.3) is 0 Å². The zero-order valence-electron chi connectivity index (χ0n) is 10.4. The summed E-state index contributed by atoms with van der Waals surface area (Å²) in [6.45, 7) is 4.51. The first-order chi connectivity index (χ1) is 7.18. The monoisotopic (exact) mass is 214 g/mol. The molecule has 0 saturated heterocycles. The lowest BCUT2D eigenvalue weighted by atomic mass is 9.73. The molecule has 0 aliphatic heterocycles. The standard InChI is InChI=1S/C12H26N2O/c1-4-6-11(14-13)12(15-3)8-5-7-10(2)9-12/h10-11,14H,4-9,13H2,1-3H3. The predicted molar refractivity (Wildman–Crippen MR) is 63.4 cm³/mol. The van der Waals surface area contributed by atoms with Crippen LogP contribution in [0.4, 0.5) is 0 Å². The molecule has 15 heavy (non-hydrogen) atoms. The molecule has 0 heterocycles. The van der Waals surface area contributed by atoms with Crippen LogP contribution in [0.15, 0.2) is 0 Å². The molecular formula is C12H26N2O. The van der Waals surface area contributed by atoms with Crippen molar-refractivity contribution < 1.29 is 4.74 Å². The minimum absolute atomic E-state index is 0.0254. The second kappa shape index (κ2) is 5.83. The summed E-state index contributed by atoms with van der Waals surface area (Å²) < 4.78 is 5.81. The van der Waals surface area contributed by atoms with Crippen molar-refractivity contribution in [2.45, 2.75) is 64.0 Å². The van der Waals surface area contributed by atoms with Crippen LogP contribution in [0.2, 0.25) is 0 Å². The molecule has 0 radical (unpaired) electrons. The third kappa shape index (κ3) is 2.92. The highest BCUT2D eigenvalue weighted by Gasteiger charge is 2.41. The minimum atomic E-state index is -0.0254. The van der Waals surface area contributed by atoms with E-state index in [1.54, 1.807) is 0 Å². The molecule has 0 spiro atoms. The molecule has 0 amide bonds. The van der Waals surface area contributed by atoms with E-state index < -0.39 is 0 Å². The Labute approximate surface area is 93.7 Å². The first-order valence-electron chi connectivity index (χ1n) is 6.19. The zero-order valence-corrected chi connectivity index (χ0v) is 10.4. The van der Waals surface area contributed by atoms with Gasteiger partial charge in [-0.3, -0.25) is 11.3 Å². The lowest BCUT2D eigenvalue weighted by Crippen LogP contribution is -2.56. The van der Waals surface area contributed by atoms with Gasteiger partial charge in [-0.05, 0) is 25.2 Å². The minimum Gasteiger partial charge on any atom is -0.377 e. The van der Waals surface area contributed by atoms with E-state index in [-0.39, 0.29) is 5.60 Å². The van der Waals surface area contributed by atoms with Gasteiger partial charge < -0.3 is 4.74 Å². The normalized spacial score (nSPS) is 34.0. The highest BCUT2D eigenvalue weighted by Crippen LogP contribution is 2.38. The Morgan fingerprint density at radius 1 is 1.60 bits per heavy atom. The van der Waals surface area contributed by atoms with Crippen LogP contribution in [0.1, 0.15) is 52.4 Å². The second-order valence-corrected chi connectivity index (χ2v) is 4.98. The molecule has 0 aromatic heterocycles. The molecule has 3 atom stereocenters. The first-order valence-corrected chi connectivity index (χ1v) is 6.19. The molecule has 1 rings (SSSR count). The summed E-state index contributed by atoms with van der Waals surface area (Å²) in [5, 5.41) is 0. The van der Waals surface area contributed by atoms with E-state index in [0.29, 0.717) is 6.04 Å². The highest BCUT2D eigenvalue weighted by molar-refractivity contribution is 4.95. The molecule has 90 valence electrons. The van der Waals surface area contributed by atoms with Crippen molar-refractivity contribution in [3.63, 3.8) is 0 Å². The Bertz CT molecular complexity index is 186. The summed E-state index contributed by atoms with van der Waals surface area (Å²) in [5.74, 6) is 6.42. The molecule has 3 heteroatoms. The van der Waals surface area contributed by atoms with E-state index >= 15 is 0 Å². The van der Waals surface area contributed by atoms with Crippen molar-refractivity contribution in [3.8, 4) is 0 Å². The summed E-state index contributed by atoms with van der Waals surface area (Å²) >= 11 is 0. The van der Waals surface area contributed by atoms with Crippen LogP contribution in [0.25, 0.3) is 0 Å². The maximum absolute atomic E-state index is 5.81. The Morgan fingerprint density at radius 2 is 2.33 bits per heavy atom. The molecule has 1 saturated carbocycles. The van der Waals surface area contributed by atoms with Crippen LogP contribution < -0.4 is 11.3 Å². The fraction of sp³-hybridized carbons (Fsp3) is 1.00. The smallest absolute Gasteiger partial charge is 0.0846 e. The Morgan fingerprint density at radius 3 is 2.80 bits per heavy atom. The zero-order chi connectivity index (χ0) is 11.3. The average Bonchev–Trinajstić information content (AvgIpc) is 2.25. The number of rotatable bonds is 5. The van der Waals surface area contributed by atoms with Crippen molar-refractivity contribution in [2.75, 3.05) is 7.11 Å². The van der Waals surface area contributed by atoms with Crippen LogP contribution >= 0.6 is 0 Å². The predicted octanol–water partition coefficient (Wildman–Crippen LogP) is 2.21. The van der Waals surface area contributed by atoms with E-state index in [2.05, 4.69) is 19.3 Å². The number of nitrogens with one attached hydrogen (secondary N) is 1. The average molecular weight is 214 g/mol. The van der Waals surface area contributed by atoms with Gasteiger partial charge in [0.05, 0.1) is 11.6 Å². The second-order valence-electron chi connectivity index (χ2n) is 4.98. The summed E-state index contributed by atoms with van der Waals surface area (Å²) in [4.78, 5) is 0. The van der Waals surface area contributed by atoms with Gasteiger partial charge in [-0.2, -0.15) is 0 Å². The van der Waals surface area contributed by atoms with Crippen molar-refractivity contribution in [1.29, 1.82) is 0 Å². The Hall–Kier alpha value is -0.120. The third-order valence-corrected chi connectivity index (χ3v) is 3.81. The fourth-order valence-electron chi connectivity index (χ4n) is 2.97. The largest absolute Gasteiger partial charge is 0.377 e. The summed E-state index contributed by atoms with van der Waals surface area (Å²) in [6, 6.07) is 0.301. The van der Waals surface area contributed by atoms with Gasteiger partial charge in [0.2, 0.25) is 0 Å². The SMILES string of the molecule is CCCC(NN)C1(OC)CCCC(C)C1. The third-order valence-electron chi connectivity index (χ3n) is 3.81. The maximum atomic E-state index is 5.81. The van der Waals surface area contributed by atoms with Gasteiger partial charge in [0.1, 0.15) is 0 Å². The molecule has 1 fully saturated rings. The van der Waals surface area contributed by atoms with Crippen molar-refractivity contribution in [3.05, 3.63) is 0 Å². The summed E-state index contributed by atoms with van der Waals surface area (Å²) in [7, 11) is 1.83. The van der Waals surface area contributed by atoms with Crippen LogP contribution in [-0.2, 0) is 4.74 Å². The number of methoxy groups -OCH3 is 1. The van der Waals surface area contributed by atoms with Crippen molar-refractivity contribution in [2.24, 2.45) is 11.8 Å². The summed E-state index contributed by atoms with van der Waals surface area (Å²) in [5.41, 5.74) is 2.93. The number of hydrogen-bond donors (Lipinski definition) is 2. The molecule has 0 aromatic carbocycles. The molecule has 3 N–H and O–H groups in total. The summed E-state index contributed by atoms with van der Waals surface area (Å²) in [6.07, 6.45) is 7.11. The maximum Gasteiger partial charge on any atom is 0.0846 e. The fourth-order valence-corrected chi connectivity index (χ4v) is 2.97. The molecule has 1 aliphatic carbocycles. The lowest BCUT2D eigenvalue weighted by Gasteiger charge is -2.44. The quantitative estimate of drug-likeness (QED) is 0.545. The van der Waals surface area contributed by atoms with Gasteiger partial charge in [0, 0.05) is 7.11 Å². The van der Waals surface area contributed by atoms with E-state index in [0.717, 1.165) is 31.6 Å².